The van der Waals surface area contributed by atoms with E-state index < -0.39 is 0 Å². The molecule has 0 aliphatic carbocycles. The molecule has 4 rings (SSSR count). The van der Waals surface area contributed by atoms with Gasteiger partial charge in [0.15, 0.2) is 5.13 Å². The molecule has 0 aromatic carbocycles. The van der Waals surface area contributed by atoms with Gasteiger partial charge in [0.25, 0.3) is 0 Å². The van der Waals surface area contributed by atoms with Crippen LogP contribution in [0.5, 0.6) is 0 Å². The number of carbonyl (C=O) groups excluding carboxylic acids is 1. The number of hydrogen-bond donors (Lipinski definition) is 1. The minimum absolute atomic E-state index is 0.130. The lowest BCUT2D eigenvalue weighted by atomic mass is 9.99. The molecule has 0 radical (unpaired) electrons. The molecule has 1 amide bonds. The Labute approximate surface area is 182 Å². The van der Waals surface area contributed by atoms with E-state index in [1.165, 1.54) is 4.88 Å². The lowest BCUT2D eigenvalue weighted by Crippen LogP contribution is -2.47. The molecule has 162 valence electrons. The van der Waals surface area contributed by atoms with Crippen LogP contribution in [-0.2, 0) is 9.53 Å². The van der Waals surface area contributed by atoms with Gasteiger partial charge in [0, 0.05) is 31.1 Å². The van der Waals surface area contributed by atoms with E-state index in [0.29, 0.717) is 19.7 Å². The third-order valence-electron chi connectivity index (χ3n) is 6.01. The topological polar surface area (TPSA) is 70.6 Å². The Morgan fingerprint density at radius 1 is 1.23 bits per heavy atom. The van der Waals surface area contributed by atoms with E-state index in [9.17, 15) is 4.79 Å². The van der Waals surface area contributed by atoms with Gasteiger partial charge in [-0.25, -0.2) is 9.97 Å². The SMILES string of the molecule is Cc1nc(Nc2cccc([C@H]3CN(CC(=O)N4CCC(C)CC4)CCO3)n2)sc1C. The highest BCUT2D eigenvalue weighted by Gasteiger charge is 2.27. The number of carbonyl (C=O) groups is 1. The Hall–Kier alpha value is -2.03. The third kappa shape index (κ3) is 5.17. The molecule has 4 heterocycles. The fourth-order valence-electron chi connectivity index (χ4n) is 3.91. The summed E-state index contributed by atoms with van der Waals surface area (Å²) in [5, 5.41) is 4.15. The zero-order chi connectivity index (χ0) is 21.1. The first kappa shape index (κ1) is 21.2. The van der Waals surface area contributed by atoms with Crippen LogP contribution in [0.4, 0.5) is 10.9 Å². The number of anilines is 2. The van der Waals surface area contributed by atoms with Crippen molar-refractivity contribution >= 4 is 28.2 Å². The quantitative estimate of drug-likeness (QED) is 0.784. The van der Waals surface area contributed by atoms with Gasteiger partial charge in [-0.3, -0.25) is 9.69 Å². The Kier molecular flexibility index (Phi) is 6.65. The van der Waals surface area contributed by atoms with Crippen molar-refractivity contribution in [2.24, 2.45) is 5.92 Å². The predicted octanol–water partition coefficient (Wildman–Crippen LogP) is 3.53. The molecule has 1 atom stereocenters. The van der Waals surface area contributed by atoms with Gasteiger partial charge in [-0.05, 0) is 44.7 Å². The van der Waals surface area contributed by atoms with Crippen LogP contribution in [0.2, 0.25) is 0 Å². The van der Waals surface area contributed by atoms with Gasteiger partial charge >= 0.3 is 0 Å². The molecule has 1 N–H and O–H groups in total. The molecule has 8 heteroatoms. The van der Waals surface area contributed by atoms with Gasteiger partial charge < -0.3 is 15.0 Å². The van der Waals surface area contributed by atoms with Gasteiger partial charge in [0.05, 0.1) is 24.5 Å². The van der Waals surface area contributed by atoms with E-state index in [2.05, 4.69) is 29.0 Å². The van der Waals surface area contributed by atoms with Crippen molar-refractivity contribution in [2.45, 2.75) is 39.7 Å². The van der Waals surface area contributed by atoms with Crippen LogP contribution in [0.15, 0.2) is 18.2 Å². The second-order valence-corrected chi connectivity index (χ2v) is 9.59. The zero-order valence-corrected chi connectivity index (χ0v) is 18.9. The van der Waals surface area contributed by atoms with E-state index >= 15 is 0 Å². The summed E-state index contributed by atoms with van der Waals surface area (Å²) in [7, 11) is 0. The Morgan fingerprint density at radius 3 is 2.77 bits per heavy atom. The second-order valence-electron chi connectivity index (χ2n) is 8.39. The number of morpholine rings is 1. The standard InChI is InChI=1S/C22H31N5O2S/c1-15-7-9-27(10-8-15)21(28)14-26-11-12-29-19(13-26)18-5-4-6-20(24-18)25-22-23-16(2)17(3)30-22/h4-6,15,19H,7-14H2,1-3H3,(H,23,24,25)/t19-/m1/s1. The molecule has 2 fully saturated rings. The minimum Gasteiger partial charge on any atom is -0.369 e. The van der Waals surface area contributed by atoms with Crippen LogP contribution in [-0.4, -0.2) is 65.0 Å². The second kappa shape index (κ2) is 9.41. The zero-order valence-electron chi connectivity index (χ0n) is 18.1. The van der Waals surface area contributed by atoms with Crippen molar-refractivity contribution in [1.82, 2.24) is 19.8 Å². The van der Waals surface area contributed by atoms with Gasteiger partial charge in [-0.2, -0.15) is 0 Å². The summed E-state index contributed by atoms with van der Waals surface area (Å²) in [5.41, 5.74) is 1.92. The summed E-state index contributed by atoms with van der Waals surface area (Å²) in [4.78, 5) is 27.4. The maximum Gasteiger partial charge on any atom is 0.236 e. The monoisotopic (exact) mass is 429 g/mol. The highest BCUT2D eigenvalue weighted by Crippen LogP contribution is 2.26. The number of thiazole rings is 1. The molecule has 2 aliphatic rings. The van der Waals surface area contributed by atoms with Crippen molar-refractivity contribution in [3.8, 4) is 0 Å². The van der Waals surface area contributed by atoms with Crippen LogP contribution < -0.4 is 5.32 Å². The number of nitrogens with one attached hydrogen (secondary N) is 1. The van der Waals surface area contributed by atoms with Crippen LogP contribution in [0.25, 0.3) is 0 Å². The molecule has 2 aliphatic heterocycles. The Morgan fingerprint density at radius 2 is 2.03 bits per heavy atom. The third-order valence-corrected chi connectivity index (χ3v) is 7.00. The largest absolute Gasteiger partial charge is 0.369 e. The number of likely N-dealkylation sites (tertiary alicyclic amines) is 1. The number of aryl methyl sites for hydroxylation is 2. The number of aromatic nitrogens is 2. The van der Waals surface area contributed by atoms with Gasteiger partial charge in [-0.1, -0.05) is 13.0 Å². The van der Waals surface area contributed by atoms with Gasteiger partial charge in [0.1, 0.15) is 11.9 Å². The lowest BCUT2D eigenvalue weighted by Gasteiger charge is -2.35. The molecule has 0 unspecified atom stereocenters. The van der Waals surface area contributed by atoms with Gasteiger partial charge in [0.2, 0.25) is 5.91 Å². The number of piperidine rings is 1. The van der Waals surface area contributed by atoms with E-state index in [-0.39, 0.29) is 12.0 Å². The van der Waals surface area contributed by atoms with Crippen LogP contribution in [0.1, 0.15) is 42.1 Å². The summed E-state index contributed by atoms with van der Waals surface area (Å²) in [6.45, 7) is 10.7. The molecule has 2 aromatic rings. The number of rotatable bonds is 5. The summed E-state index contributed by atoms with van der Waals surface area (Å²) < 4.78 is 5.99. The van der Waals surface area contributed by atoms with E-state index in [0.717, 1.165) is 60.7 Å². The molecule has 2 aromatic heterocycles. The molecule has 0 saturated carbocycles. The number of hydrogen-bond acceptors (Lipinski definition) is 7. The highest BCUT2D eigenvalue weighted by atomic mass is 32.1. The summed E-state index contributed by atoms with van der Waals surface area (Å²) >= 11 is 1.63. The molecular formula is C22H31N5O2S. The molecule has 2 saturated heterocycles. The molecule has 7 nitrogen and oxygen atoms in total. The van der Waals surface area contributed by atoms with Crippen molar-refractivity contribution in [1.29, 1.82) is 0 Å². The highest BCUT2D eigenvalue weighted by molar-refractivity contribution is 7.15. The first-order valence-corrected chi connectivity index (χ1v) is 11.6. The maximum absolute atomic E-state index is 12.7. The van der Waals surface area contributed by atoms with Crippen molar-refractivity contribution in [3.05, 3.63) is 34.5 Å². The average Bonchev–Trinajstić information content (AvgIpc) is 3.05. The number of pyridine rings is 1. The summed E-state index contributed by atoms with van der Waals surface area (Å²) in [5.74, 6) is 1.73. The average molecular weight is 430 g/mol. The smallest absolute Gasteiger partial charge is 0.236 e. The first-order valence-electron chi connectivity index (χ1n) is 10.8. The molecule has 30 heavy (non-hydrogen) atoms. The number of ether oxygens (including phenoxy) is 1. The lowest BCUT2D eigenvalue weighted by molar-refractivity contribution is -0.135. The van der Waals surface area contributed by atoms with Crippen molar-refractivity contribution < 1.29 is 9.53 Å². The Balaban J connectivity index is 1.36. The van der Waals surface area contributed by atoms with Crippen LogP contribution in [0.3, 0.4) is 0 Å². The number of nitrogens with zero attached hydrogens (tertiary/aromatic N) is 4. The maximum atomic E-state index is 12.7. The van der Waals surface area contributed by atoms with Crippen molar-refractivity contribution in [2.75, 3.05) is 44.6 Å². The minimum atomic E-state index is -0.130. The molecule has 0 bridgehead atoms. The Bertz CT molecular complexity index is 859. The van der Waals surface area contributed by atoms with Crippen LogP contribution >= 0.6 is 11.3 Å². The summed E-state index contributed by atoms with van der Waals surface area (Å²) in [6, 6.07) is 5.92. The van der Waals surface area contributed by atoms with E-state index in [4.69, 9.17) is 9.72 Å². The summed E-state index contributed by atoms with van der Waals surface area (Å²) in [6.07, 6.45) is 2.09. The van der Waals surface area contributed by atoms with Crippen molar-refractivity contribution in [3.63, 3.8) is 0 Å². The fourth-order valence-corrected chi connectivity index (χ4v) is 4.73. The van der Waals surface area contributed by atoms with E-state index in [1.54, 1.807) is 11.3 Å². The van der Waals surface area contributed by atoms with Gasteiger partial charge in [-0.15, -0.1) is 11.3 Å². The molecular weight excluding hydrogens is 398 g/mol. The predicted molar refractivity (Wildman–Crippen MR) is 119 cm³/mol. The number of amides is 1. The molecule has 0 spiro atoms. The first-order chi connectivity index (χ1) is 14.5. The van der Waals surface area contributed by atoms with E-state index in [1.807, 2.05) is 30.0 Å². The normalized spacial score (nSPS) is 21.0. The van der Waals surface area contributed by atoms with Crippen LogP contribution in [0, 0.1) is 19.8 Å². The fraction of sp³-hybridized carbons (Fsp3) is 0.591.